The molecule has 0 bridgehead atoms. The molecule has 1 N–H and O–H groups in total. The predicted octanol–water partition coefficient (Wildman–Crippen LogP) is 0.666. The number of nitrogens with one attached hydrogen (secondary N) is 1. The van der Waals surface area contributed by atoms with Gasteiger partial charge in [0.1, 0.15) is 0 Å². The van der Waals surface area contributed by atoms with Gasteiger partial charge in [-0.05, 0) is 6.42 Å². The normalized spacial score (nSPS) is 12.3. The zero-order valence-corrected chi connectivity index (χ0v) is 8.41. The number of sulfone groups is 1. The van der Waals surface area contributed by atoms with E-state index in [2.05, 4.69) is 5.32 Å². The van der Waals surface area contributed by atoms with Crippen LogP contribution in [0.1, 0.15) is 13.3 Å². The molecule has 0 heterocycles. The third kappa shape index (κ3) is 8.11. The lowest BCUT2D eigenvalue weighted by Gasteiger charge is -2.04. The van der Waals surface area contributed by atoms with Crippen LogP contribution in [0.5, 0.6) is 0 Å². The second kappa shape index (κ2) is 6.26. The van der Waals surface area contributed by atoms with E-state index in [0.717, 1.165) is 0 Å². The average Bonchev–Trinajstić information content (AvgIpc) is 1.98. The van der Waals surface area contributed by atoms with Crippen molar-refractivity contribution in [1.82, 2.24) is 5.32 Å². The molecule has 13 heavy (non-hydrogen) atoms. The van der Waals surface area contributed by atoms with Crippen molar-refractivity contribution in [1.29, 1.82) is 0 Å². The summed E-state index contributed by atoms with van der Waals surface area (Å²) in [4.78, 5) is 0. The van der Waals surface area contributed by atoms with Crippen LogP contribution in [0.25, 0.3) is 0 Å². The summed E-state index contributed by atoms with van der Waals surface area (Å²) in [5.41, 5.74) is 0. The number of hydrogen-bond donors (Lipinski definition) is 1. The fourth-order valence-electron chi connectivity index (χ4n) is 0.852. The van der Waals surface area contributed by atoms with Crippen molar-refractivity contribution in [2.24, 2.45) is 0 Å². The topological polar surface area (TPSA) is 46.2 Å². The van der Waals surface area contributed by atoms with Crippen molar-refractivity contribution in [2.75, 3.05) is 24.6 Å². The Morgan fingerprint density at radius 2 is 1.92 bits per heavy atom. The molecule has 0 aromatic carbocycles. The van der Waals surface area contributed by atoms with Gasteiger partial charge in [-0.3, -0.25) is 0 Å². The second-order valence-electron chi connectivity index (χ2n) is 2.75. The molecule has 0 aromatic rings. The third-order valence-corrected chi connectivity index (χ3v) is 3.26. The molecular formula is C7H15F2NO2S. The number of alkyl halides is 2. The third-order valence-electron chi connectivity index (χ3n) is 1.40. The first-order chi connectivity index (χ1) is 5.98. The van der Waals surface area contributed by atoms with E-state index < -0.39 is 22.8 Å². The standard InChI is InChI=1S/C7H15F2NO2S/c1-2-4-13(11,12)5-3-10-6-7(8)9/h7,10H,2-6H2,1H3. The minimum atomic E-state index is -3.04. The van der Waals surface area contributed by atoms with Crippen LogP contribution in [-0.4, -0.2) is 39.4 Å². The predicted molar refractivity (Wildman–Crippen MR) is 47.8 cm³/mol. The number of halogens is 2. The maximum atomic E-state index is 11.6. The zero-order valence-electron chi connectivity index (χ0n) is 7.59. The summed E-state index contributed by atoms with van der Waals surface area (Å²) < 4.78 is 45.3. The molecule has 6 heteroatoms. The molecule has 0 rings (SSSR count). The molecule has 0 atom stereocenters. The van der Waals surface area contributed by atoms with E-state index in [9.17, 15) is 17.2 Å². The van der Waals surface area contributed by atoms with E-state index in [1.54, 1.807) is 6.92 Å². The van der Waals surface area contributed by atoms with Gasteiger partial charge in [0.15, 0.2) is 9.84 Å². The van der Waals surface area contributed by atoms with Gasteiger partial charge in [0, 0.05) is 12.3 Å². The van der Waals surface area contributed by atoms with Crippen molar-refractivity contribution in [3.63, 3.8) is 0 Å². The molecule has 0 amide bonds. The van der Waals surface area contributed by atoms with Crippen molar-refractivity contribution < 1.29 is 17.2 Å². The molecule has 0 aromatic heterocycles. The highest BCUT2D eigenvalue weighted by atomic mass is 32.2. The maximum Gasteiger partial charge on any atom is 0.250 e. The largest absolute Gasteiger partial charge is 0.310 e. The van der Waals surface area contributed by atoms with Gasteiger partial charge in [-0.2, -0.15) is 0 Å². The summed E-state index contributed by atoms with van der Waals surface area (Å²) in [6.45, 7) is 1.43. The highest BCUT2D eigenvalue weighted by Gasteiger charge is 2.09. The lowest BCUT2D eigenvalue weighted by atomic mass is 10.6. The van der Waals surface area contributed by atoms with E-state index in [1.165, 1.54) is 0 Å². The molecule has 0 saturated carbocycles. The fourth-order valence-corrected chi connectivity index (χ4v) is 2.13. The Balaban J connectivity index is 3.53. The van der Waals surface area contributed by atoms with E-state index in [1.807, 2.05) is 0 Å². The quantitative estimate of drug-likeness (QED) is 0.635. The Kier molecular flexibility index (Phi) is 6.15. The van der Waals surface area contributed by atoms with Crippen LogP contribution in [0, 0.1) is 0 Å². The maximum absolute atomic E-state index is 11.6. The van der Waals surface area contributed by atoms with E-state index in [0.29, 0.717) is 6.42 Å². The summed E-state index contributed by atoms with van der Waals surface area (Å²) in [5.74, 6) is 0.0664. The molecule has 0 aliphatic heterocycles. The molecule has 0 unspecified atom stereocenters. The van der Waals surface area contributed by atoms with Crippen molar-refractivity contribution >= 4 is 9.84 Å². The Labute approximate surface area is 77.4 Å². The van der Waals surface area contributed by atoms with Crippen LogP contribution < -0.4 is 5.32 Å². The van der Waals surface area contributed by atoms with Crippen molar-refractivity contribution in [3.8, 4) is 0 Å². The lowest BCUT2D eigenvalue weighted by Crippen LogP contribution is -2.28. The molecule has 0 radical (unpaired) electrons. The van der Waals surface area contributed by atoms with Gasteiger partial charge >= 0.3 is 0 Å². The van der Waals surface area contributed by atoms with E-state index >= 15 is 0 Å². The van der Waals surface area contributed by atoms with Crippen molar-refractivity contribution in [2.45, 2.75) is 19.8 Å². The van der Waals surface area contributed by atoms with Gasteiger partial charge in [-0.25, -0.2) is 17.2 Å². The van der Waals surface area contributed by atoms with E-state index in [-0.39, 0.29) is 18.1 Å². The second-order valence-corrected chi connectivity index (χ2v) is 5.05. The first kappa shape index (κ1) is 12.8. The summed E-state index contributed by atoms with van der Waals surface area (Å²) in [6.07, 6.45) is -1.86. The molecule has 0 fully saturated rings. The SMILES string of the molecule is CCCS(=O)(=O)CCNCC(F)F. The summed E-state index contributed by atoms with van der Waals surface area (Å²) in [6, 6.07) is 0. The fraction of sp³-hybridized carbons (Fsp3) is 1.00. The Morgan fingerprint density at radius 1 is 1.31 bits per heavy atom. The molecule has 80 valence electrons. The van der Waals surface area contributed by atoms with Gasteiger partial charge in [0.25, 0.3) is 6.43 Å². The summed E-state index contributed by atoms with van der Waals surface area (Å²) in [5, 5.41) is 2.37. The highest BCUT2D eigenvalue weighted by Crippen LogP contribution is 1.93. The molecule has 0 saturated heterocycles. The van der Waals surface area contributed by atoms with Crippen LogP contribution in [-0.2, 0) is 9.84 Å². The lowest BCUT2D eigenvalue weighted by molar-refractivity contribution is 0.147. The Hall–Kier alpha value is -0.230. The average molecular weight is 215 g/mol. The van der Waals surface area contributed by atoms with E-state index in [4.69, 9.17) is 0 Å². The number of rotatable bonds is 7. The minimum absolute atomic E-state index is 0.0619. The van der Waals surface area contributed by atoms with Crippen molar-refractivity contribution in [3.05, 3.63) is 0 Å². The van der Waals surface area contributed by atoms with Gasteiger partial charge in [0.05, 0.1) is 12.3 Å². The van der Waals surface area contributed by atoms with Gasteiger partial charge in [-0.15, -0.1) is 0 Å². The van der Waals surface area contributed by atoms with Crippen LogP contribution in [0.2, 0.25) is 0 Å². The van der Waals surface area contributed by atoms with Gasteiger partial charge in [0.2, 0.25) is 0 Å². The molecule has 0 aliphatic carbocycles. The first-order valence-electron chi connectivity index (χ1n) is 4.17. The van der Waals surface area contributed by atoms with Crippen LogP contribution in [0.4, 0.5) is 8.78 Å². The molecule has 0 aliphatic rings. The Morgan fingerprint density at radius 3 is 2.38 bits per heavy atom. The monoisotopic (exact) mass is 215 g/mol. The molecule has 0 spiro atoms. The highest BCUT2D eigenvalue weighted by molar-refractivity contribution is 7.91. The summed E-state index contributed by atoms with van der Waals surface area (Å²) in [7, 11) is -3.04. The Bertz CT molecular complexity index is 217. The van der Waals surface area contributed by atoms with Gasteiger partial charge < -0.3 is 5.32 Å². The van der Waals surface area contributed by atoms with Crippen LogP contribution in [0.15, 0.2) is 0 Å². The van der Waals surface area contributed by atoms with Gasteiger partial charge in [-0.1, -0.05) is 6.92 Å². The zero-order chi connectivity index (χ0) is 10.3. The van der Waals surface area contributed by atoms with Crippen LogP contribution >= 0.6 is 0 Å². The molecular weight excluding hydrogens is 200 g/mol. The molecule has 3 nitrogen and oxygen atoms in total. The smallest absolute Gasteiger partial charge is 0.250 e. The van der Waals surface area contributed by atoms with Crippen LogP contribution in [0.3, 0.4) is 0 Å². The minimum Gasteiger partial charge on any atom is -0.310 e. The first-order valence-corrected chi connectivity index (χ1v) is 5.99. The number of hydrogen-bond acceptors (Lipinski definition) is 3. The summed E-state index contributed by atoms with van der Waals surface area (Å²) >= 11 is 0.